The fourth-order valence-corrected chi connectivity index (χ4v) is 6.49. The van der Waals surface area contributed by atoms with E-state index in [9.17, 15) is 9.59 Å². The van der Waals surface area contributed by atoms with Crippen LogP contribution in [0.1, 0.15) is 34.5 Å². The highest BCUT2D eigenvalue weighted by Gasteiger charge is 2.28. The number of hydrogen-bond acceptors (Lipinski definition) is 8. The van der Waals surface area contributed by atoms with Crippen LogP contribution in [0.3, 0.4) is 0 Å². The van der Waals surface area contributed by atoms with Crippen LogP contribution in [0, 0.1) is 0 Å². The predicted molar refractivity (Wildman–Crippen MR) is 154 cm³/mol. The van der Waals surface area contributed by atoms with E-state index in [0.717, 1.165) is 24.1 Å². The van der Waals surface area contributed by atoms with Gasteiger partial charge < -0.3 is 20.0 Å². The molecule has 2 N–H and O–H groups in total. The minimum absolute atomic E-state index is 0.305. The summed E-state index contributed by atoms with van der Waals surface area (Å²) in [4.78, 5) is 38.6. The number of fused-ring (bicyclic) bond motifs is 1. The van der Waals surface area contributed by atoms with Crippen molar-refractivity contribution in [3.8, 4) is 16.8 Å². The highest BCUT2D eigenvalue weighted by atomic mass is 32.1. The molecule has 2 aromatic heterocycles. The topological polar surface area (TPSA) is 105 Å². The molecule has 5 heterocycles. The third kappa shape index (κ3) is 4.31. The number of nitrogens with one attached hydrogen (secondary N) is 2. The Kier molecular flexibility index (Phi) is 5.98. The second kappa shape index (κ2) is 9.79. The first-order chi connectivity index (χ1) is 19.2. The van der Waals surface area contributed by atoms with Crippen molar-refractivity contribution in [3.05, 3.63) is 75.9 Å². The van der Waals surface area contributed by atoms with Crippen LogP contribution >= 0.6 is 11.3 Å². The first-order valence-corrected chi connectivity index (χ1v) is 13.9. The maximum Gasteiger partial charge on any atom is 0.354 e. The molecule has 39 heavy (non-hydrogen) atoms. The van der Waals surface area contributed by atoms with Gasteiger partial charge in [0, 0.05) is 17.8 Å². The second-order valence-corrected chi connectivity index (χ2v) is 10.9. The molecule has 0 saturated carbocycles. The highest BCUT2D eigenvalue weighted by molar-refractivity contribution is 7.20. The first kappa shape index (κ1) is 23.8. The van der Waals surface area contributed by atoms with Gasteiger partial charge in [-0.25, -0.2) is 9.79 Å². The number of likely N-dealkylation sites (tertiary alicyclic amines) is 1. The van der Waals surface area contributed by atoms with Gasteiger partial charge in [0.05, 0.1) is 29.2 Å². The molecule has 1 saturated heterocycles. The molecule has 0 bridgehead atoms. The zero-order chi connectivity index (χ0) is 26.3. The van der Waals surface area contributed by atoms with Gasteiger partial charge in [-0.15, -0.1) is 11.3 Å². The van der Waals surface area contributed by atoms with Gasteiger partial charge >= 0.3 is 5.69 Å². The van der Waals surface area contributed by atoms with Gasteiger partial charge in [0.15, 0.2) is 0 Å². The minimum atomic E-state index is -0.492. The van der Waals surface area contributed by atoms with Crippen LogP contribution in [-0.4, -0.2) is 46.3 Å². The summed E-state index contributed by atoms with van der Waals surface area (Å²) in [5, 5.41) is 7.25. The summed E-state index contributed by atoms with van der Waals surface area (Å²) in [6.07, 6.45) is 9.57. The van der Waals surface area contributed by atoms with E-state index in [1.807, 2.05) is 30.3 Å². The Hall–Kier alpha value is -4.28. The molecule has 0 spiro atoms. The van der Waals surface area contributed by atoms with E-state index < -0.39 is 5.69 Å². The summed E-state index contributed by atoms with van der Waals surface area (Å²) in [5.41, 5.74) is 4.20. The van der Waals surface area contributed by atoms with Crippen LogP contribution in [0.25, 0.3) is 27.7 Å². The van der Waals surface area contributed by atoms with Crippen molar-refractivity contribution in [2.24, 2.45) is 4.99 Å². The molecule has 196 valence electrons. The monoisotopic (exact) mass is 538 g/mol. The maximum absolute atomic E-state index is 13.7. The zero-order valence-electron chi connectivity index (χ0n) is 21.1. The van der Waals surface area contributed by atoms with Crippen LogP contribution in [0.15, 0.2) is 69.2 Å². The molecule has 4 aliphatic rings. The molecule has 1 amide bonds. The number of nitrogens with zero attached hydrogens (tertiary/aromatic N) is 4. The van der Waals surface area contributed by atoms with Crippen LogP contribution in [0.2, 0.25) is 0 Å². The van der Waals surface area contributed by atoms with Crippen molar-refractivity contribution in [2.75, 3.05) is 30.3 Å². The van der Waals surface area contributed by atoms with Crippen molar-refractivity contribution in [3.63, 3.8) is 0 Å². The lowest BCUT2D eigenvalue weighted by molar-refractivity contribution is 0.103. The summed E-state index contributed by atoms with van der Waals surface area (Å²) in [7, 11) is 0. The quantitative estimate of drug-likeness (QED) is 0.295. The highest BCUT2D eigenvalue weighted by Crippen LogP contribution is 2.44. The van der Waals surface area contributed by atoms with Crippen LogP contribution in [0.4, 0.5) is 16.5 Å². The van der Waals surface area contributed by atoms with E-state index in [4.69, 9.17) is 4.42 Å². The van der Waals surface area contributed by atoms with Gasteiger partial charge in [-0.2, -0.15) is 4.98 Å². The van der Waals surface area contributed by atoms with E-state index in [1.165, 1.54) is 60.2 Å². The fraction of sp³-hybridized carbons (Fsp3) is 0.241. The second-order valence-electron chi connectivity index (χ2n) is 9.89. The summed E-state index contributed by atoms with van der Waals surface area (Å²) >= 11 is 1.24. The average molecular weight is 539 g/mol. The Morgan fingerprint density at radius 3 is 2.77 bits per heavy atom. The molecular formula is C29H26N6O3S. The number of aromatic nitrogens is 2. The summed E-state index contributed by atoms with van der Waals surface area (Å²) in [5.74, 6) is 0.0884. The van der Waals surface area contributed by atoms with Gasteiger partial charge in [0.2, 0.25) is 0 Å². The largest absolute Gasteiger partial charge is 0.472 e. The molecular weight excluding hydrogens is 512 g/mol. The Morgan fingerprint density at radius 2 is 1.92 bits per heavy atom. The lowest BCUT2D eigenvalue weighted by Gasteiger charge is -2.26. The van der Waals surface area contributed by atoms with E-state index in [1.54, 1.807) is 12.5 Å². The zero-order valence-corrected chi connectivity index (χ0v) is 22.0. The predicted octanol–water partition coefficient (Wildman–Crippen LogP) is 5.51. The summed E-state index contributed by atoms with van der Waals surface area (Å²) in [6.45, 7) is 3.42. The maximum atomic E-state index is 13.7. The summed E-state index contributed by atoms with van der Waals surface area (Å²) in [6, 6.07) is 13.6. The number of aliphatic imine (C=N–C) groups is 1. The SMILES string of the molecule is O=C(Nc1ccc(CCN2CCCCC2)cc1)c1sc2c3c(nc(=O)n(-c4ccc5ccocc4-5)c13)NC=N2. The molecule has 7 rings (SSSR count). The van der Waals surface area contributed by atoms with Crippen molar-refractivity contribution in [1.82, 2.24) is 14.5 Å². The van der Waals surface area contributed by atoms with Crippen LogP contribution < -0.4 is 16.3 Å². The molecule has 3 aliphatic heterocycles. The van der Waals surface area contributed by atoms with Crippen LogP contribution in [-0.2, 0) is 6.42 Å². The van der Waals surface area contributed by atoms with Crippen LogP contribution in [0.5, 0.6) is 0 Å². The number of benzene rings is 1. The Balaban J connectivity index is 1.22. The number of rotatable bonds is 6. The van der Waals surface area contributed by atoms with E-state index in [2.05, 4.69) is 37.6 Å². The lowest BCUT2D eigenvalue weighted by atomic mass is 10.1. The van der Waals surface area contributed by atoms with Gasteiger partial charge in [-0.1, -0.05) is 24.6 Å². The van der Waals surface area contributed by atoms with Crippen molar-refractivity contribution in [1.29, 1.82) is 0 Å². The van der Waals surface area contributed by atoms with Crippen molar-refractivity contribution >= 4 is 51.0 Å². The average Bonchev–Trinajstić information content (AvgIpc) is 3.57. The Labute approximate surface area is 228 Å². The van der Waals surface area contributed by atoms with Gasteiger partial charge in [-0.3, -0.25) is 9.36 Å². The molecule has 1 fully saturated rings. The van der Waals surface area contributed by atoms with E-state index in [0.29, 0.717) is 38.0 Å². The lowest BCUT2D eigenvalue weighted by Crippen LogP contribution is -2.31. The number of carbonyl (C=O) groups excluding carboxylic acids is 1. The molecule has 0 atom stereocenters. The van der Waals surface area contributed by atoms with Crippen molar-refractivity contribution < 1.29 is 9.21 Å². The number of piperidine rings is 1. The number of hydrogen-bond donors (Lipinski definition) is 2. The third-order valence-corrected chi connectivity index (χ3v) is 8.54. The van der Waals surface area contributed by atoms with Crippen molar-refractivity contribution in [2.45, 2.75) is 25.7 Å². The van der Waals surface area contributed by atoms with E-state index >= 15 is 0 Å². The molecule has 1 aromatic carbocycles. The number of thiophene rings is 1. The number of anilines is 2. The molecule has 0 radical (unpaired) electrons. The number of amides is 1. The van der Waals surface area contributed by atoms with E-state index in [-0.39, 0.29) is 5.91 Å². The molecule has 3 aromatic rings. The van der Waals surface area contributed by atoms with Gasteiger partial charge in [-0.05, 0) is 67.7 Å². The van der Waals surface area contributed by atoms with Gasteiger partial charge in [0.25, 0.3) is 5.91 Å². The molecule has 9 nitrogen and oxygen atoms in total. The van der Waals surface area contributed by atoms with Gasteiger partial charge in [0.1, 0.15) is 22.0 Å². The first-order valence-electron chi connectivity index (χ1n) is 13.1. The standard InChI is InChI=1S/C29H26N6O3S/c36-27(32-20-7-4-18(5-8-20)10-14-34-12-2-1-3-13-34)25-24-23-26(30-17-31-28(23)39-25)33-29(37)35(24)22-9-6-19-11-15-38-16-21(19)22/h4-9,11,15-17H,1-3,10,12-14H2,(H,32,36)(H,30,31,33,37). The molecule has 1 aliphatic carbocycles. The third-order valence-electron chi connectivity index (χ3n) is 7.45. The normalized spacial score (nSPS) is 15.1. The summed E-state index contributed by atoms with van der Waals surface area (Å²) < 4.78 is 6.88. The Bertz CT molecular complexity index is 1740. The molecule has 0 unspecified atom stereocenters. The number of carbonyl (C=O) groups is 1. The molecule has 10 heteroatoms. The fourth-order valence-electron chi connectivity index (χ4n) is 5.46. The minimum Gasteiger partial charge on any atom is -0.472 e. The smallest absolute Gasteiger partial charge is 0.354 e. The Morgan fingerprint density at radius 1 is 1.08 bits per heavy atom.